The fourth-order valence-electron chi connectivity index (χ4n) is 2.11. The van der Waals surface area contributed by atoms with Crippen molar-refractivity contribution in [3.63, 3.8) is 0 Å². The average Bonchev–Trinajstić information content (AvgIpc) is 2.92. The minimum absolute atomic E-state index is 0.251. The van der Waals surface area contributed by atoms with Crippen LogP contribution in [0.3, 0.4) is 0 Å². The summed E-state index contributed by atoms with van der Waals surface area (Å²) in [6, 6.07) is 12.3. The van der Waals surface area contributed by atoms with E-state index >= 15 is 0 Å². The Kier molecular flexibility index (Phi) is 3.75. The molecule has 0 unspecified atom stereocenters. The van der Waals surface area contributed by atoms with E-state index in [4.69, 9.17) is 5.73 Å². The molecule has 3 nitrogen and oxygen atoms in total. The molecule has 0 radical (unpaired) electrons. The Balaban J connectivity index is 1.85. The summed E-state index contributed by atoms with van der Waals surface area (Å²) in [6.45, 7) is 0.507. The first kappa shape index (κ1) is 13.8. The van der Waals surface area contributed by atoms with E-state index in [9.17, 15) is 4.39 Å². The van der Waals surface area contributed by atoms with Gasteiger partial charge in [0.15, 0.2) is 0 Å². The Bertz CT molecular complexity index is 765. The average molecular weight is 346 g/mol. The third kappa shape index (κ3) is 3.13. The van der Waals surface area contributed by atoms with Gasteiger partial charge >= 0.3 is 0 Å². The minimum atomic E-state index is -0.251. The summed E-state index contributed by atoms with van der Waals surface area (Å²) >= 11 is 3.43. The maximum atomic E-state index is 13.3. The second-order valence-electron chi connectivity index (χ2n) is 4.78. The molecule has 0 saturated carbocycles. The topological polar surface area (TPSA) is 43.8 Å². The van der Waals surface area contributed by atoms with Crippen molar-refractivity contribution < 1.29 is 4.39 Å². The molecule has 21 heavy (non-hydrogen) atoms. The van der Waals surface area contributed by atoms with Crippen LogP contribution in [0.5, 0.6) is 0 Å². The molecule has 0 aliphatic heterocycles. The summed E-state index contributed by atoms with van der Waals surface area (Å²) < 4.78 is 15.9. The van der Waals surface area contributed by atoms with Gasteiger partial charge in [0, 0.05) is 21.9 Å². The third-order valence-electron chi connectivity index (χ3n) is 3.22. The van der Waals surface area contributed by atoms with Gasteiger partial charge in [-0.2, -0.15) is 5.10 Å². The molecule has 3 aromatic rings. The maximum absolute atomic E-state index is 13.3. The van der Waals surface area contributed by atoms with Crippen LogP contribution in [-0.2, 0) is 6.54 Å². The van der Waals surface area contributed by atoms with Crippen LogP contribution >= 0.6 is 15.9 Å². The fourth-order valence-corrected chi connectivity index (χ4v) is 2.49. The van der Waals surface area contributed by atoms with Crippen LogP contribution in [0.2, 0.25) is 0 Å². The molecule has 0 amide bonds. The summed E-state index contributed by atoms with van der Waals surface area (Å²) in [5.74, 6) is -0.251. The number of aromatic nitrogens is 2. The monoisotopic (exact) mass is 345 g/mol. The van der Waals surface area contributed by atoms with E-state index in [1.807, 2.05) is 30.5 Å². The van der Waals surface area contributed by atoms with Crippen LogP contribution in [0.15, 0.2) is 59.3 Å². The molecule has 2 N–H and O–H groups in total. The van der Waals surface area contributed by atoms with Crippen molar-refractivity contribution in [2.75, 3.05) is 5.73 Å². The second kappa shape index (κ2) is 5.69. The molecular formula is C16H13BrFN3. The zero-order valence-corrected chi connectivity index (χ0v) is 12.7. The summed E-state index contributed by atoms with van der Waals surface area (Å²) in [4.78, 5) is 0. The van der Waals surface area contributed by atoms with Crippen molar-refractivity contribution in [1.82, 2.24) is 9.78 Å². The number of benzene rings is 2. The lowest BCUT2D eigenvalue weighted by Crippen LogP contribution is -2.01. The Hall–Kier alpha value is -2.14. The molecule has 0 aliphatic rings. The van der Waals surface area contributed by atoms with Gasteiger partial charge in [-0.25, -0.2) is 4.39 Å². The van der Waals surface area contributed by atoms with Gasteiger partial charge in [-0.05, 0) is 41.5 Å². The number of anilines is 1. The van der Waals surface area contributed by atoms with Gasteiger partial charge in [0.05, 0.1) is 12.7 Å². The van der Waals surface area contributed by atoms with E-state index < -0.39 is 0 Å². The Morgan fingerprint density at radius 1 is 1.10 bits per heavy atom. The molecule has 0 fully saturated rings. The molecule has 1 heterocycles. The number of rotatable bonds is 3. The molecule has 3 rings (SSSR count). The lowest BCUT2D eigenvalue weighted by atomic mass is 10.1. The summed E-state index contributed by atoms with van der Waals surface area (Å²) in [7, 11) is 0. The number of hydrogen-bond donors (Lipinski definition) is 1. The van der Waals surface area contributed by atoms with E-state index in [0.717, 1.165) is 26.9 Å². The molecular weight excluding hydrogens is 333 g/mol. The van der Waals surface area contributed by atoms with Gasteiger partial charge in [-0.3, -0.25) is 4.68 Å². The summed E-state index contributed by atoms with van der Waals surface area (Å²) in [5.41, 5.74) is 9.31. The predicted molar refractivity (Wildman–Crippen MR) is 85.3 cm³/mol. The normalized spacial score (nSPS) is 10.8. The highest BCUT2D eigenvalue weighted by molar-refractivity contribution is 9.10. The second-order valence-corrected chi connectivity index (χ2v) is 5.64. The van der Waals surface area contributed by atoms with Crippen LogP contribution < -0.4 is 5.73 Å². The van der Waals surface area contributed by atoms with Crippen LogP contribution in [0.1, 0.15) is 5.56 Å². The van der Waals surface area contributed by atoms with E-state index in [1.165, 1.54) is 12.1 Å². The summed E-state index contributed by atoms with van der Waals surface area (Å²) in [6.07, 6.45) is 3.72. The van der Waals surface area contributed by atoms with Gasteiger partial charge in [0.25, 0.3) is 0 Å². The lowest BCUT2D eigenvalue weighted by Gasteiger charge is -2.05. The fraction of sp³-hybridized carbons (Fsp3) is 0.0625. The Labute approximate surface area is 130 Å². The lowest BCUT2D eigenvalue weighted by molar-refractivity contribution is 0.618. The van der Waals surface area contributed by atoms with E-state index in [0.29, 0.717) is 6.54 Å². The predicted octanol–water partition coefficient (Wildman–Crippen LogP) is 4.08. The van der Waals surface area contributed by atoms with Gasteiger partial charge in [0.1, 0.15) is 5.82 Å². The smallest absolute Gasteiger partial charge is 0.123 e. The maximum Gasteiger partial charge on any atom is 0.123 e. The molecule has 2 aromatic carbocycles. The first-order valence-corrected chi connectivity index (χ1v) is 7.23. The first-order chi connectivity index (χ1) is 10.1. The molecule has 0 bridgehead atoms. The molecule has 5 heteroatoms. The number of hydrogen-bond acceptors (Lipinski definition) is 2. The van der Waals surface area contributed by atoms with Gasteiger partial charge < -0.3 is 5.73 Å². The molecule has 0 spiro atoms. The Morgan fingerprint density at radius 2 is 1.86 bits per heavy atom. The van der Waals surface area contributed by atoms with Crippen molar-refractivity contribution in [3.05, 3.63) is 70.7 Å². The quantitative estimate of drug-likeness (QED) is 0.726. The van der Waals surface area contributed by atoms with Crippen LogP contribution in [0.4, 0.5) is 10.1 Å². The number of nitrogens with two attached hydrogens (primary N) is 1. The van der Waals surface area contributed by atoms with E-state index in [2.05, 4.69) is 21.0 Å². The SMILES string of the molecule is Nc1ccc(-c2cnn(Cc3cc(F)ccc3Br)c2)cc1. The summed E-state index contributed by atoms with van der Waals surface area (Å²) in [5, 5.41) is 4.32. The van der Waals surface area contributed by atoms with Gasteiger partial charge in [-0.15, -0.1) is 0 Å². The Morgan fingerprint density at radius 3 is 2.62 bits per heavy atom. The van der Waals surface area contributed by atoms with Crippen molar-refractivity contribution in [3.8, 4) is 11.1 Å². The zero-order chi connectivity index (χ0) is 14.8. The third-order valence-corrected chi connectivity index (χ3v) is 3.99. The first-order valence-electron chi connectivity index (χ1n) is 6.44. The number of halogens is 2. The standard InChI is InChI=1S/C16H13BrFN3/c17-16-6-3-14(18)7-12(16)9-21-10-13(8-20-21)11-1-4-15(19)5-2-11/h1-8,10H,9,19H2. The van der Waals surface area contributed by atoms with Gasteiger partial charge in [0.2, 0.25) is 0 Å². The van der Waals surface area contributed by atoms with Crippen molar-refractivity contribution in [1.29, 1.82) is 0 Å². The van der Waals surface area contributed by atoms with Crippen LogP contribution in [0.25, 0.3) is 11.1 Å². The highest BCUT2D eigenvalue weighted by Gasteiger charge is 2.06. The van der Waals surface area contributed by atoms with Crippen molar-refractivity contribution in [2.45, 2.75) is 6.54 Å². The zero-order valence-electron chi connectivity index (χ0n) is 11.1. The molecule has 0 atom stereocenters. The van der Waals surface area contributed by atoms with Gasteiger partial charge in [-0.1, -0.05) is 28.1 Å². The van der Waals surface area contributed by atoms with Crippen molar-refractivity contribution >= 4 is 21.6 Å². The minimum Gasteiger partial charge on any atom is -0.399 e. The largest absolute Gasteiger partial charge is 0.399 e. The highest BCUT2D eigenvalue weighted by atomic mass is 79.9. The van der Waals surface area contributed by atoms with Crippen molar-refractivity contribution in [2.24, 2.45) is 0 Å². The molecule has 0 aliphatic carbocycles. The molecule has 106 valence electrons. The van der Waals surface area contributed by atoms with E-state index in [-0.39, 0.29) is 5.82 Å². The van der Waals surface area contributed by atoms with Crippen LogP contribution in [-0.4, -0.2) is 9.78 Å². The number of nitrogen functional groups attached to an aromatic ring is 1. The van der Waals surface area contributed by atoms with Crippen LogP contribution in [0, 0.1) is 5.82 Å². The highest BCUT2D eigenvalue weighted by Crippen LogP contribution is 2.22. The molecule has 0 saturated heterocycles. The number of nitrogens with zero attached hydrogens (tertiary/aromatic N) is 2. The molecule has 1 aromatic heterocycles. The van der Waals surface area contributed by atoms with E-state index in [1.54, 1.807) is 16.9 Å².